The van der Waals surface area contributed by atoms with Crippen molar-refractivity contribution in [3.8, 4) is 0 Å². The molecule has 0 aromatic heterocycles. The van der Waals surface area contributed by atoms with Gasteiger partial charge in [0.2, 0.25) is 0 Å². The Kier molecular flexibility index (Phi) is 1.69. The third kappa shape index (κ3) is 1.30. The highest BCUT2D eigenvalue weighted by atomic mass is 16.6. The molecule has 4 nitrogen and oxygen atoms in total. The minimum Gasteiger partial charge on any atom is -0.447 e. The SMILES string of the molecule is O=C1N[C@@H]([C@@H]2CCOC2)CO1. The third-order valence-corrected chi connectivity index (χ3v) is 2.23. The van der Waals surface area contributed by atoms with Crippen molar-refractivity contribution in [2.45, 2.75) is 12.5 Å². The lowest BCUT2D eigenvalue weighted by molar-refractivity contribution is 0.166. The van der Waals surface area contributed by atoms with E-state index in [0.29, 0.717) is 12.5 Å². The average Bonchev–Trinajstić information content (AvgIpc) is 2.55. The summed E-state index contributed by atoms with van der Waals surface area (Å²) in [5.41, 5.74) is 0. The Bertz CT molecular complexity index is 165. The van der Waals surface area contributed by atoms with E-state index in [1.807, 2.05) is 0 Å². The van der Waals surface area contributed by atoms with Crippen molar-refractivity contribution in [3.05, 3.63) is 0 Å². The molecule has 2 fully saturated rings. The molecule has 1 amide bonds. The Morgan fingerprint density at radius 1 is 1.45 bits per heavy atom. The smallest absolute Gasteiger partial charge is 0.407 e. The monoisotopic (exact) mass is 157 g/mol. The van der Waals surface area contributed by atoms with E-state index in [1.54, 1.807) is 0 Å². The fourth-order valence-electron chi connectivity index (χ4n) is 1.52. The van der Waals surface area contributed by atoms with Gasteiger partial charge in [0.15, 0.2) is 0 Å². The van der Waals surface area contributed by atoms with Gasteiger partial charge in [-0.1, -0.05) is 0 Å². The highest BCUT2D eigenvalue weighted by Gasteiger charge is 2.32. The van der Waals surface area contributed by atoms with Crippen LogP contribution in [0, 0.1) is 5.92 Å². The Labute approximate surface area is 64.9 Å². The summed E-state index contributed by atoms with van der Waals surface area (Å²) in [4.78, 5) is 10.6. The molecule has 4 heteroatoms. The molecule has 62 valence electrons. The van der Waals surface area contributed by atoms with Gasteiger partial charge >= 0.3 is 6.09 Å². The fourth-order valence-corrected chi connectivity index (χ4v) is 1.52. The highest BCUT2D eigenvalue weighted by molar-refractivity contribution is 5.69. The molecule has 2 saturated heterocycles. The summed E-state index contributed by atoms with van der Waals surface area (Å²) in [5, 5.41) is 2.75. The molecule has 2 rings (SSSR count). The van der Waals surface area contributed by atoms with Gasteiger partial charge in [-0.05, 0) is 6.42 Å². The predicted molar refractivity (Wildman–Crippen MR) is 37.2 cm³/mol. The number of carbonyl (C=O) groups excluding carboxylic acids is 1. The number of nitrogens with one attached hydrogen (secondary N) is 1. The Hall–Kier alpha value is -0.770. The maximum absolute atomic E-state index is 10.6. The first-order chi connectivity index (χ1) is 5.36. The first-order valence-corrected chi connectivity index (χ1v) is 3.87. The molecular formula is C7H11NO3. The molecular weight excluding hydrogens is 146 g/mol. The Balaban J connectivity index is 1.90. The van der Waals surface area contributed by atoms with Crippen LogP contribution in [-0.2, 0) is 9.47 Å². The van der Waals surface area contributed by atoms with Gasteiger partial charge in [-0.15, -0.1) is 0 Å². The van der Waals surface area contributed by atoms with E-state index in [-0.39, 0.29) is 12.1 Å². The van der Waals surface area contributed by atoms with Gasteiger partial charge < -0.3 is 14.8 Å². The normalized spacial score (nSPS) is 36.9. The van der Waals surface area contributed by atoms with E-state index >= 15 is 0 Å². The second kappa shape index (κ2) is 2.70. The summed E-state index contributed by atoms with van der Waals surface area (Å²) in [6.07, 6.45) is 0.746. The number of ether oxygens (including phenoxy) is 2. The number of hydrogen-bond donors (Lipinski definition) is 1. The summed E-state index contributed by atoms with van der Waals surface area (Å²) < 4.78 is 9.97. The van der Waals surface area contributed by atoms with Crippen LogP contribution in [0.25, 0.3) is 0 Å². The van der Waals surface area contributed by atoms with Crippen LogP contribution in [0.4, 0.5) is 4.79 Å². The van der Waals surface area contributed by atoms with Crippen molar-refractivity contribution in [2.24, 2.45) is 5.92 Å². The van der Waals surface area contributed by atoms with Crippen molar-refractivity contribution >= 4 is 6.09 Å². The molecule has 11 heavy (non-hydrogen) atoms. The Morgan fingerprint density at radius 2 is 2.36 bits per heavy atom. The van der Waals surface area contributed by atoms with Gasteiger partial charge in [-0.3, -0.25) is 0 Å². The summed E-state index contributed by atoms with van der Waals surface area (Å²) in [5.74, 6) is 0.460. The Morgan fingerprint density at radius 3 is 2.91 bits per heavy atom. The lowest BCUT2D eigenvalue weighted by Gasteiger charge is -2.12. The van der Waals surface area contributed by atoms with Crippen molar-refractivity contribution in [1.29, 1.82) is 0 Å². The predicted octanol–water partition coefficient (Wildman–Crippen LogP) is 0.131. The topological polar surface area (TPSA) is 47.6 Å². The van der Waals surface area contributed by atoms with E-state index in [1.165, 1.54) is 0 Å². The van der Waals surface area contributed by atoms with Crippen molar-refractivity contribution in [3.63, 3.8) is 0 Å². The molecule has 2 atom stereocenters. The van der Waals surface area contributed by atoms with Crippen molar-refractivity contribution in [1.82, 2.24) is 5.32 Å². The second-order valence-electron chi connectivity index (χ2n) is 2.97. The number of alkyl carbamates (subject to hydrolysis) is 1. The summed E-state index contributed by atoms with van der Waals surface area (Å²) in [7, 11) is 0. The van der Waals surface area contributed by atoms with E-state index < -0.39 is 0 Å². The maximum Gasteiger partial charge on any atom is 0.407 e. The molecule has 0 aliphatic carbocycles. The molecule has 0 saturated carbocycles. The molecule has 0 radical (unpaired) electrons. The standard InChI is InChI=1S/C7H11NO3/c9-7-8-6(4-11-7)5-1-2-10-3-5/h5-6H,1-4H2,(H,8,9)/t5-,6-/m1/s1. The molecule has 2 aliphatic heterocycles. The van der Waals surface area contributed by atoms with Gasteiger partial charge in [0.05, 0.1) is 12.6 Å². The number of amides is 1. The van der Waals surface area contributed by atoms with Crippen molar-refractivity contribution in [2.75, 3.05) is 19.8 Å². The fraction of sp³-hybridized carbons (Fsp3) is 0.857. The number of cyclic esters (lactones) is 1. The zero-order valence-electron chi connectivity index (χ0n) is 6.21. The van der Waals surface area contributed by atoms with Crippen molar-refractivity contribution < 1.29 is 14.3 Å². The first kappa shape index (κ1) is 6.91. The van der Waals surface area contributed by atoms with Crippen LogP contribution in [0.2, 0.25) is 0 Å². The first-order valence-electron chi connectivity index (χ1n) is 3.87. The largest absolute Gasteiger partial charge is 0.447 e. The van der Waals surface area contributed by atoms with Gasteiger partial charge in [0.1, 0.15) is 6.61 Å². The van der Waals surface area contributed by atoms with Gasteiger partial charge in [-0.25, -0.2) is 4.79 Å². The lowest BCUT2D eigenvalue weighted by Crippen LogP contribution is -2.34. The molecule has 0 aromatic carbocycles. The summed E-state index contributed by atoms with van der Waals surface area (Å²) >= 11 is 0. The number of rotatable bonds is 1. The molecule has 0 bridgehead atoms. The average molecular weight is 157 g/mol. The summed E-state index contributed by atoms with van der Waals surface area (Å²) in [6.45, 7) is 2.08. The third-order valence-electron chi connectivity index (χ3n) is 2.23. The molecule has 0 unspecified atom stereocenters. The van der Waals surface area contributed by atoms with Crippen LogP contribution >= 0.6 is 0 Å². The van der Waals surface area contributed by atoms with E-state index in [9.17, 15) is 4.79 Å². The molecule has 2 aliphatic rings. The van der Waals surface area contributed by atoms with Gasteiger partial charge in [0.25, 0.3) is 0 Å². The second-order valence-corrected chi connectivity index (χ2v) is 2.97. The van der Waals surface area contributed by atoms with Crippen LogP contribution in [0.5, 0.6) is 0 Å². The van der Waals surface area contributed by atoms with Crippen LogP contribution in [0.3, 0.4) is 0 Å². The number of hydrogen-bond acceptors (Lipinski definition) is 3. The van der Waals surface area contributed by atoms with E-state index in [0.717, 1.165) is 19.6 Å². The maximum atomic E-state index is 10.6. The zero-order chi connectivity index (χ0) is 7.68. The van der Waals surface area contributed by atoms with Gasteiger partial charge in [0, 0.05) is 12.5 Å². The van der Waals surface area contributed by atoms with Crippen LogP contribution in [-0.4, -0.2) is 32.0 Å². The minimum atomic E-state index is -0.290. The van der Waals surface area contributed by atoms with E-state index in [4.69, 9.17) is 9.47 Å². The van der Waals surface area contributed by atoms with Crippen LogP contribution in [0.15, 0.2) is 0 Å². The highest BCUT2D eigenvalue weighted by Crippen LogP contribution is 2.19. The van der Waals surface area contributed by atoms with Crippen LogP contribution < -0.4 is 5.32 Å². The molecule has 2 heterocycles. The quantitative estimate of drug-likeness (QED) is 0.588. The minimum absolute atomic E-state index is 0.185. The van der Waals surface area contributed by atoms with E-state index in [2.05, 4.69) is 5.32 Å². The lowest BCUT2D eigenvalue weighted by atomic mass is 10.0. The van der Waals surface area contributed by atoms with Crippen LogP contribution in [0.1, 0.15) is 6.42 Å². The number of carbonyl (C=O) groups is 1. The molecule has 1 N–H and O–H groups in total. The summed E-state index contributed by atoms with van der Waals surface area (Å²) in [6, 6.07) is 0.185. The molecule has 0 spiro atoms. The van der Waals surface area contributed by atoms with Gasteiger partial charge in [-0.2, -0.15) is 0 Å². The zero-order valence-corrected chi connectivity index (χ0v) is 6.21. The molecule has 0 aromatic rings.